The van der Waals surface area contributed by atoms with Crippen molar-refractivity contribution in [2.75, 3.05) is 52.5 Å². The molecule has 0 spiro atoms. The minimum absolute atomic E-state index is 0.0267. The summed E-state index contributed by atoms with van der Waals surface area (Å²) in [5.74, 6) is 1.38. The Morgan fingerprint density at radius 3 is 1.31 bits per heavy atom. The van der Waals surface area contributed by atoms with Crippen LogP contribution in [0.4, 0.5) is 0 Å². The number of ether oxygens (including phenoxy) is 2. The fraction of sp³-hybridized carbons (Fsp3) is 0.963. The second kappa shape index (κ2) is 41.5. The first-order chi connectivity index (χ1) is 29.8. The third-order valence-corrected chi connectivity index (χ3v) is 13.8. The maximum Gasteiger partial charge on any atom is 0.306 e. The number of unbranched alkanes of at least 4 members (excludes halogenated alkanes) is 17. The number of carbonyl (C=O) groups is 2. The predicted octanol–water partition coefficient (Wildman–Crippen LogP) is 14.5. The summed E-state index contributed by atoms with van der Waals surface area (Å²) in [7, 11) is 0. The number of aliphatic hydroxyl groups excluding tert-OH is 1. The molecule has 0 amide bonds. The van der Waals surface area contributed by atoms with E-state index in [2.05, 4.69) is 51.3 Å². The van der Waals surface area contributed by atoms with Crippen LogP contribution in [0.3, 0.4) is 0 Å². The molecular formula is C54H106N2O5. The summed E-state index contributed by atoms with van der Waals surface area (Å²) in [4.78, 5) is 32.1. The van der Waals surface area contributed by atoms with Crippen molar-refractivity contribution < 1.29 is 24.2 Å². The van der Waals surface area contributed by atoms with Crippen LogP contribution in [0.15, 0.2) is 0 Å². The maximum absolute atomic E-state index is 13.5. The molecule has 362 valence electrons. The molecule has 7 nitrogen and oxygen atoms in total. The lowest BCUT2D eigenvalue weighted by atomic mass is 9.91. The van der Waals surface area contributed by atoms with E-state index in [9.17, 15) is 14.7 Å². The Bertz CT molecular complexity index is 923. The monoisotopic (exact) mass is 863 g/mol. The number of nitrogens with zero attached hydrogens (tertiary/aromatic N) is 2. The van der Waals surface area contributed by atoms with Crippen LogP contribution in [0.2, 0.25) is 0 Å². The van der Waals surface area contributed by atoms with Crippen LogP contribution < -0.4 is 0 Å². The maximum atomic E-state index is 13.5. The summed E-state index contributed by atoms with van der Waals surface area (Å²) in [5.41, 5.74) is 0. The van der Waals surface area contributed by atoms with Crippen molar-refractivity contribution in [3.05, 3.63) is 0 Å². The average molecular weight is 863 g/mol. The topological polar surface area (TPSA) is 79.3 Å². The molecule has 0 bridgehead atoms. The Labute approximate surface area is 380 Å². The number of carbonyl (C=O) groups excluding carboxylic acids is 2. The van der Waals surface area contributed by atoms with Gasteiger partial charge in [-0.25, -0.2) is 0 Å². The lowest BCUT2D eigenvalue weighted by Gasteiger charge is -2.38. The van der Waals surface area contributed by atoms with E-state index in [1.807, 2.05) is 0 Å². The first kappa shape index (κ1) is 57.8. The van der Waals surface area contributed by atoms with Gasteiger partial charge in [-0.1, -0.05) is 183 Å². The fourth-order valence-electron chi connectivity index (χ4n) is 9.24. The van der Waals surface area contributed by atoms with Gasteiger partial charge in [-0.05, 0) is 88.6 Å². The van der Waals surface area contributed by atoms with Gasteiger partial charge in [0.25, 0.3) is 0 Å². The largest absolute Gasteiger partial charge is 0.465 e. The van der Waals surface area contributed by atoms with E-state index in [4.69, 9.17) is 9.47 Å². The van der Waals surface area contributed by atoms with E-state index in [1.165, 1.54) is 154 Å². The van der Waals surface area contributed by atoms with Crippen molar-refractivity contribution in [1.82, 2.24) is 9.80 Å². The zero-order valence-corrected chi connectivity index (χ0v) is 41.9. The smallest absolute Gasteiger partial charge is 0.306 e. The summed E-state index contributed by atoms with van der Waals surface area (Å²) in [6.45, 7) is 19.6. The van der Waals surface area contributed by atoms with Gasteiger partial charge >= 0.3 is 11.9 Å². The van der Waals surface area contributed by atoms with Gasteiger partial charge in [-0.2, -0.15) is 0 Å². The number of hydrogen-bond donors (Lipinski definition) is 1. The first-order valence-corrected chi connectivity index (χ1v) is 27.1. The van der Waals surface area contributed by atoms with E-state index in [-0.39, 0.29) is 24.5 Å². The van der Waals surface area contributed by atoms with Crippen LogP contribution in [0.1, 0.15) is 253 Å². The molecule has 0 saturated heterocycles. The molecule has 0 radical (unpaired) electrons. The van der Waals surface area contributed by atoms with Crippen LogP contribution >= 0.6 is 0 Å². The number of aliphatic hydroxyl groups is 1. The minimum atomic E-state index is -0.0624. The van der Waals surface area contributed by atoms with Crippen LogP contribution in [0.5, 0.6) is 0 Å². The summed E-state index contributed by atoms with van der Waals surface area (Å²) in [6, 6.07) is 0.643. The molecule has 1 aliphatic rings. The van der Waals surface area contributed by atoms with Crippen LogP contribution in [-0.2, 0) is 19.1 Å². The zero-order valence-electron chi connectivity index (χ0n) is 41.9. The number of rotatable bonds is 46. The molecular weight excluding hydrogens is 757 g/mol. The number of hydrogen-bond acceptors (Lipinski definition) is 7. The second-order valence-electron chi connectivity index (χ2n) is 20.0. The van der Waals surface area contributed by atoms with Gasteiger partial charge < -0.3 is 19.5 Å². The van der Waals surface area contributed by atoms with Gasteiger partial charge in [0.15, 0.2) is 0 Å². The minimum Gasteiger partial charge on any atom is -0.465 e. The summed E-state index contributed by atoms with van der Waals surface area (Å²) < 4.78 is 12.2. The summed E-state index contributed by atoms with van der Waals surface area (Å²) in [6.07, 6.45) is 38.9. The van der Waals surface area contributed by atoms with Crippen LogP contribution in [-0.4, -0.2) is 85.4 Å². The third kappa shape index (κ3) is 33.9. The van der Waals surface area contributed by atoms with E-state index in [0.29, 0.717) is 49.9 Å². The van der Waals surface area contributed by atoms with Crippen molar-refractivity contribution in [2.24, 2.45) is 23.7 Å². The molecule has 2 unspecified atom stereocenters. The molecule has 0 aromatic carbocycles. The molecule has 7 heteroatoms. The Kier molecular flexibility index (Phi) is 39.4. The van der Waals surface area contributed by atoms with Gasteiger partial charge in [0, 0.05) is 44.4 Å². The normalized spacial score (nSPS) is 14.8. The molecule has 1 rings (SSSR count). The average Bonchev–Trinajstić information content (AvgIpc) is 3.22. The molecule has 0 aliphatic heterocycles. The van der Waals surface area contributed by atoms with Crippen molar-refractivity contribution >= 4 is 11.9 Å². The lowest BCUT2D eigenvalue weighted by molar-refractivity contribution is -0.150. The van der Waals surface area contributed by atoms with Gasteiger partial charge in [0.1, 0.15) is 0 Å². The van der Waals surface area contributed by atoms with E-state index < -0.39 is 0 Å². The second-order valence-corrected chi connectivity index (χ2v) is 20.0. The summed E-state index contributed by atoms with van der Waals surface area (Å²) in [5, 5.41) is 9.74. The Balaban J connectivity index is 2.91. The highest BCUT2D eigenvalue weighted by Crippen LogP contribution is 2.26. The van der Waals surface area contributed by atoms with Gasteiger partial charge in [-0.3, -0.25) is 14.5 Å². The summed E-state index contributed by atoms with van der Waals surface area (Å²) >= 11 is 0. The molecule has 1 N–H and O–H groups in total. The Morgan fingerprint density at radius 1 is 0.492 bits per heavy atom. The van der Waals surface area contributed by atoms with E-state index in [0.717, 1.165) is 77.7 Å². The zero-order chi connectivity index (χ0) is 44.6. The lowest BCUT2D eigenvalue weighted by Crippen LogP contribution is -2.46. The van der Waals surface area contributed by atoms with Crippen LogP contribution in [0.25, 0.3) is 0 Å². The Hall–Kier alpha value is -1.18. The molecule has 1 aliphatic carbocycles. The van der Waals surface area contributed by atoms with Crippen molar-refractivity contribution in [3.63, 3.8) is 0 Å². The standard InChI is InChI=1S/C54H106N2O5/c1-7-11-15-19-21-25-32-49(30-23-17-13-9-3)44-53(58)60-46-51(47-61-54(59)45-50(31-24-18-14-10-4)33-26-22-20-16-12-8-2)34-27-28-38-55(39-37-48(5)6)40-41-56(42-43-57)52-35-29-36-52/h48-52,57H,7-47H2,1-6H3. The SMILES string of the molecule is CCCCCCCCC(CCCCCC)CC(=O)OCC(CCCCN(CCC(C)C)CCN(CCO)C1CCC1)COC(=O)CC(CCCCCC)CCCCCCCC. The van der Waals surface area contributed by atoms with Crippen molar-refractivity contribution in [2.45, 2.75) is 259 Å². The van der Waals surface area contributed by atoms with Crippen LogP contribution in [0, 0.1) is 23.7 Å². The first-order valence-electron chi connectivity index (χ1n) is 27.1. The van der Waals surface area contributed by atoms with Gasteiger partial charge in [-0.15, -0.1) is 0 Å². The van der Waals surface area contributed by atoms with Gasteiger partial charge in [0.05, 0.1) is 19.8 Å². The molecule has 1 fully saturated rings. The van der Waals surface area contributed by atoms with E-state index >= 15 is 0 Å². The van der Waals surface area contributed by atoms with Crippen molar-refractivity contribution in [1.29, 1.82) is 0 Å². The molecule has 0 heterocycles. The van der Waals surface area contributed by atoms with Crippen molar-refractivity contribution in [3.8, 4) is 0 Å². The Morgan fingerprint density at radius 2 is 0.902 bits per heavy atom. The third-order valence-electron chi connectivity index (χ3n) is 13.8. The molecule has 0 aromatic heterocycles. The quantitative estimate of drug-likeness (QED) is 0.0482. The molecule has 2 atom stereocenters. The highest BCUT2D eigenvalue weighted by atomic mass is 16.5. The highest BCUT2D eigenvalue weighted by Gasteiger charge is 2.25. The van der Waals surface area contributed by atoms with E-state index in [1.54, 1.807) is 0 Å². The number of esters is 2. The molecule has 0 aromatic rings. The molecule has 61 heavy (non-hydrogen) atoms. The van der Waals surface area contributed by atoms with Gasteiger partial charge in [0.2, 0.25) is 0 Å². The highest BCUT2D eigenvalue weighted by molar-refractivity contribution is 5.70. The predicted molar refractivity (Wildman–Crippen MR) is 261 cm³/mol. The fourth-order valence-corrected chi connectivity index (χ4v) is 9.24. The molecule has 1 saturated carbocycles.